The molecule has 0 bridgehead atoms. The number of aromatic nitrogens is 2. The summed E-state index contributed by atoms with van der Waals surface area (Å²) in [7, 11) is 1.74. The third-order valence-electron chi connectivity index (χ3n) is 2.65. The Hall–Kier alpha value is -2.06. The second kappa shape index (κ2) is 5.51. The molecule has 0 aliphatic rings. The van der Waals surface area contributed by atoms with E-state index in [0.29, 0.717) is 5.56 Å². The summed E-state index contributed by atoms with van der Waals surface area (Å²) in [4.78, 5) is 0. The zero-order valence-corrected chi connectivity index (χ0v) is 10.6. The number of nitrogens with two attached hydrogens (primary N) is 1. The van der Waals surface area contributed by atoms with Crippen LogP contribution in [0.4, 0.5) is 13.2 Å². The molecule has 20 heavy (non-hydrogen) atoms. The third kappa shape index (κ3) is 3.49. The van der Waals surface area contributed by atoms with Gasteiger partial charge >= 0.3 is 6.36 Å². The summed E-state index contributed by atoms with van der Waals surface area (Å²) in [6.07, 6.45) is -1.41. The fourth-order valence-corrected chi connectivity index (χ4v) is 1.87. The van der Waals surface area contributed by atoms with Gasteiger partial charge in [0.1, 0.15) is 5.75 Å². The minimum atomic E-state index is -4.72. The number of aryl methyl sites for hydroxylation is 1. The summed E-state index contributed by atoms with van der Waals surface area (Å²) < 4.78 is 42.1. The second-order valence-corrected chi connectivity index (χ2v) is 4.17. The lowest BCUT2D eigenvalue weighted by Crippen LogP contribution is -2.28. The van der Waals surface area contributed by atoms with Crippen LogP contribution in [0.3, 0.4) is 0 Å². The van der Waals surface area contributed by atoms with E-state index in [0.717, 1.165) is 5.56 Å². The van der Waals surface area contributed by atoms with Gasteiger partial charge in [-0.05, 0) is 17.7 Å². The quantitative estimate of drug-likeness (QED) is 0.665. The molecule has 1 heterocycles. The highest BCUT2D eigenvalue weighted by molar-refractivity contribution is 5.35. The van der Waals surface area contributed by atoms with Crippen molar-refractivity contribution in [2.24, 2.45) is 12.9 Å². The van der Waals surface area contributed by atoms with Crippen LogP contribution in [0.1, 0.15) is 17.2 Å². The number of benzene rings is 1. The van der Waals surface area contributed by atoms with Gasteiger partial charge in [0.25, 0.3) is 0 Å². The Morgan fingerprint density at radius 2 is 2.10 bits per heavy atom. The maximum Gasteiger partial charge on any atom is 0.573 e. The molecule has 0 amide bonds. The first-order chi connectivity index (χ1) is 9.39. The van der Waals surface area contributed by atoms with E-state index in [4.69, 9.17) is 5.84 Å². The Labute approximate surface area is 113 Å². The standard InChI is InChI=1S/C12H13F3N4O/c1-19-7-9(6-17-19)11(18-16)8-3-2-4-10(5-8)20-12(13,14)15/h2-7,11,18H,16H2,1H3. The summed E-state index contributed by atoms with van der Waals surface area (Å²) in [5.74, 6) is 5.18. The van der Waals surface area contributed by atoms with E-state index in [2.05, 4.69) is 15.3 Å². The van der Waals surface area contributed by atoms with E-state index in [9.17, 15) is 13.2 Å². The zero-order chi connectivity index (χ0) is 14.8. The Morgan fingerprint density at radius 1 is 1.35 bits per heavy atom. The van der Waals surface area contributed by atoms with Crippen LogP contribution in [0.15, 0.2) is 36.7 Å². The first kappa shape index (κ1) is 14.4. The van der Waals surface area contributed by atoms with Crippen LogP contribution >= 0.6 is 0 Å². The van der Waals surface area contributed by atoms with Crippen molar-refractivity contribution in [2.45, 2.75) is 12.4 Å². The predicted octanol–water partition coefficient (Wildman–Crippen LogP) is 1.87. The lowest BCUT2D eigenvalue weighted by Gasteiger charge is -2.16. The van der Waals surface area contributed by atoms with Crippen molar-refractivity contribution in [3.8, 4) is 5.75 Å². The molecule has 8 heteroatoms. The van der Waals surface area contributed by atoms with Gasteiger partial charge in [-0.25, -0.2) is 5.43 Å². The summed E-state index contributed by atoms with van der Waals surface area (Å²) in [5.41, 5.74) is 3.83. The van der Waals surface area contributed by atoms with Gasteiger partial charge < -0.3 is 4.74 Å². The molecule has 3 N–H and O–H groups in total. The van der Waals surface area contributed by atoms with E-state index in [1.165, 1.54) is 18.2 Å². The van der Waals surface area contributed by atoms with Crippen LogP contribution in [0.5, 0.6) is 5.75 Å². The van der Waals surface area contributed by atoms with E-state index in [-0.39, 0.29) is 5.75 Å². The molecule has 1 atom stereocenters. The molecule has 5 nitrogen and oxygen atoms in total. The van der Waals surface area contributed by atoms with Crippen LogP contribution in [-0.4, -0.2) is 16.1 Å². The highest BCUT2D eigenvalue weighted by Crippen LogP contribution is 2.27. The number of hydrogen-bond donors (Lipinski definition) is 2. The minimum Gasteiger partial charge on any atom is -0.406 e. The highest BCUT2D eigenvalue weighted by Gasteiger charge is 2.31. The fraction of sp³-hybridized carbons (Fsp3) is 0.250. The Bertz CT molecular complexity index is 582. The molecular weight excluding hydrogens is 273 g/mol. The molecule has 0 saturated heterocycles. The van der Waals surface area contributed by atoms with Crippen LogP contribution in [-0.2, 0) is 7.05 Å². The van der Waals surface area contributed by atoms with Gasteiger partial charge in [0.05, 0.1) is 12.2 Å². The predicted molar refractivity (Wildman–Crippen MR) is 65.5 cm³/mol. The Balaban J connectivity index is 2.29. The van der Waals surface area contributed by atoms with Gasteiger partial charge in [0.2, 0.25) is 0 Å². The first-order valence-electron chi connectivity index (χ1n) is 5.69. The molecule has 0 fully saturated rings. The van der Waals surface area contributed by atoms with Gasteiger partial charge in [-0.2, -0.15) is 5.10 Å². The van der Waals surface area contributed by atoms with Gasteiger partial charge in [0.15, 0.2) is 0 Å². The Kier molecular flexibility index (Phi) is 3.96. The van der Waals surface area contributed by atoms with E-state index in [1.807, 2.05) is 0 Å². The number of ether oxygens (including phenoxy) is 1. The summed E-state index contributed by atoms with van der Waals surface area (Å²) in [5, 5.41) is 4.00. The number of hydrazine groups is 1. The maximum atomic E-state index is 12.2. The molecule has 1 aromatic carbocycles. The lowest BCUT2D eigenvalue weighted by atomic mass is 10.0. The molecule has 0 aliphatic heterocycles. The van der Waals surface area contributed by atoms with Gasteiger partial charge in [0, 0.05) is 18.8 Å². The van der Waals surface area contributed by atoms with Crippen LogP contribution < -0.4 is 16.0 Å². The zero-order valence-electron chi connectivity index (χ0n) is 10.6. The largest absolute Gasteiger partial charge is 0.573 e. The molecule has 2 aromatic rings. The maximum absolute atomic E-state index is 12.2. The number of alkyl halides is 3. The van der Waals surface area contributed by atoms with Crippen LogP contribution in [0, 0.1) is 0 Å². The third-order valence-corrected chi connectivity index (χ3v) is 2.65. The van der Waals surface area contributed by atoms with Crippen molar-refractivity contribution >= 4 is 0 Å². The normalized spacial score (nSPS) is 13.2. The van der Waals surface area contributed by atoms with E-state index >= 15 is 0 Å². The van der Waals surface area contributed by atoms with Crippen molar-refractivity contribution < 1.29 is 17.9 Å². The van der Waals surface area contributed by atoms with Crippen LogP contribution in [0.2, 0.25) is 0 Å². The molecule has 2 rings (SSSR count). The van der Waals surface area contributed by atoms with Crippen molar-refractivity contribution in [3.63, 3.8) is 0 Å². The molecule has 108 valence electrons. The molecule has 0 radical (unpaired) electrons. The minimum absolute atomic E-state index is 0.292. The molecule has 0 saturated carbocycles. The second-order valence-electron chi connectivity index (χ2n) is 4.17. The monoisotopic (exact) mass is 286 g/mol. The van der Waals surface area contributed by atoms with E-state index < -0.39 is 12.4 Å². The summed E-state index contributed by atoms with van der Waals surface area (Å²) >= 11 is 0. The lowest BCUT2D eigenvalue weighted by molar-refractivity contribution is -0.274. The smallest absolute Gasteiger partial charge is 0.406 e. The van der Waals surface area contributed by atoms with Crippen molar-refractivity contribution in [3.05, 3.63) is 47.8 Å². The molecule has 1 aromatic heterocycles. The summed E-state index contributed by atoms with van der Waals surface area (Å²) in [6.45, 7) is 0. The van der Waals surface area contributed by atoms with Gasteiger partial charge in [-0.3, -0.25) is 10.5 Å². The Morgan fingerprint density at radius 3 is 2.65 bits per heavy atom. The number of rotatable bonds is 4. The number of halogens is 3. The van der Waals surface area contributed by atoms with Gasteiger partial charge in [-0.1, -0.05) is 12.1 Å². The first-order valence-corrected chi connectivity index (χ1v) is 5.69. The fourth-order valence-electron chi connectivity index (χ4n) is 1.87. The average Bonchev–Trinajstić information content (AvgIpc) is 2.75. The molecule has 0 aliphatic carbocycles. The van der Waals surface area contributed by atoms with Crippen molar-refractivity contribution in [1.82, 2.24) is 15.2 Å². The topological polar surface area (TPSA) is 65.1 Å². The SMILES string of the molecule is Cn1cc(C(NN)c2cccc(OC(F)(F)F)c2)cn1. The van der Waals surface area contributed by atoms with Gasteiger partial charge in [-0.15, -0.1) is 13.2 Å². The number of hydrogen-bond acceptors (Lipinski definition) is 4. The number of nitrogens with zero attached hydrogens (tertiary/aromatic N) is 2. The molecule has 1 unspecified atom stereocenters. The molecule has 0 spiro atoms. The van der Waals surface area contributed by atoms with Crippen LogP contribution in [0.25, 0.3) is 0 Å². The highest BCUT2D eigenvalue weighted by atomic mass is 19.4. The summed E-state index contributed by atoms with van der Waals surface area (Å²) in [6, 6.07) is 5.16. The van der Waals surface area contributed by atoms with Crippen molar-refractivity contribution in [1.29, 1.82) is 0 Å². The van der Waals surface area contributed by atoms with Crippen molar-refractivity contribution in [2.75, 3.05) is 0 Å². The van der Waals surface area contributed by atoms with E-state index in [1.54, 1.807) is 30.2 Å². The molecular formula is C12H13F3N4O. The average molecular weight is 286 g/mol. The number of nitrogens with one attached hydrogen (secondary N) is 1.